The number of esters is 1. The van der Waals surface area contributed by atoms with Crippen LogP contribution in [0.4, 0.5) is 0 Å². The number of aryl methyl sites for hydroxylation is 2. The molecule has 0 atom stereocenters. The Morgan fingerprint density at radius 1 is 1.11 bits per heavy atom. The van der Waals surface area contributed by atoms with Gasteiger partial charge in [0.1, 0.15) is 0 Å². The summed E-state index contributed by atoms with van der Waals surface area (Å²) in [6, 6.07) is 10.9. The Morgan fingerprint density at radius 3 is 2.59 bits per heavy atom. The van der Waals surface area contributed by atoms with Crippen LogP contribution in [0.3, 0.4) is 0 Å². The highest BCUT2D eigenvalue weighted by atomic mass is 16.5. The highest BCUT2D eigenvalue weighted by molar-refractivity contribution is 6.00. The fourth-order valence-corrected chi connectivity index (χ4v) is 2.75. The summed E-state index contributed by atoms with van der Waals surface area (Å²) in [6.45, 7) is 3.74. The standard InChI is InChI=1S/C21H21N3O3/c1-3-15-6-7-16(4-2)18(12-15)19(25)14-27-21(26)17-8-9-20(22-13-17)24-11-5-10-23-24/h5-13H,3-4,14H2,1-2H3. The number of carbonyl (C=O) groups excluding carboxylic acids is 2. The number of benzene rings is 1. The normalized spacial score (nSPS) is 10.6. The Kier molecular flexibility index (Phi) is 5.76. The quantitative estimate of drug-likeness (QED) is 0.475. The molecular formula is C21H21N3O3. The van der Waals surface area contributed by atoms with Crippen LogP contribution in [0.2, 0.25) is 0 Å². The van der Waals surface area contributed by atoms with Gasteiger partial charge in [-0.3, -0.25) is 4.79 Å². The monoisotopic (exact) mass is 363 g/mol. The second kappa shape index (κ2) is 8.40. The first-order valence-corrected chi connectivity index (χ1v) is 8.90. The average Bonchev–Trinajstić information content (AvgIpc) is 3.26. The molecule has 6 nitrogen and oxygen atoms in total. The van der Waals surface area contributed by atoms with E-state index in [1.807, 2.05) is 32.0 Å². The van der Waals surface area contributed by atoms with Crippen LogP contribution < -0.4 is 0 Å². The first kappa shape index (κ1) is 18.5. The van der Waals surface area contributed by atoms with Crippen molar-refractivity contribution >= 4 is 11.8 Å². The molecule has 0 aliphatic carbocycles. The van der Waals surface area contributed by atoms with Gasteiger partial charge in [0.05, 0.1) is 5.56 Å². The first-order chi connectivity index (χ1) is 13.1. The maximum atomic E-state index is 12.5. The van der Waals surface area contributed by atoms with Gasteiger partial charge in [-0.15, -0.1) is 0 Å². The van der Waals surface area contributed by atoms with E-state index in [9.17, 15) is 9.59 Å². The van der Waals surface area contributed by atoms with Crippen LogP contribution in [0.15, 0.2) is 55.0 Å². The SMILES string of the molecule is CCc1ccc(CC)c(C(=O)COC(=O)c2ccc(-n3cccn3)nc2)c1. The summed E-state index contributed by atoms with van der Waals surface area (Å²) < 4.78 is 6.79. The van der Waals surface area contributed by atoms with Crippen LogP contribution in [-0.4, -0.2) is 33.1 Å². The molecule has 0 bridgehead atoms. The molecule has 0 fully saturated rings. The van der Waals surface area contributed by atoms with Crippen molar-refractivity contribution in [3.8, 4) is 5.82 Å². The third-order valence-corrected chi connectivity index (χ3v) is 4.32. The van der Waals surface area contributed by atoms with Crippen molar-refractivity contribution in [2.24, 2.45) is 0 Å². The molecular weight excluding hydrogens is 342 g/mol. The van der Waals surface area contributed by atoms with Crippen molar-refractivity contribution in [1.82, 2.24) is 14.8 Å². The molecule has 0 aliphatic rings. The van der Waals surface area contributed by atoms with Gasteiger partial charge in [0.25, 0.3) is 0 Å². The molecule has 0 spiro atoms. The second-order valence-electron chi connectivity index (χ2n) is 6.05. The van der Waals surface area contributed by atoms with Gasteiger partial charge in [-0.2, -0.15) is 5.10 Å². The third-order valence-electron chi connectivity index (χ3n) is 4.32. The number of pyridine rings is 1. The van der Waals surface area contributed by atoms with Crippen LogP contribution in [-0.2, 0) is 17.6 Å². The van der Waals surface area contributed by atoms with E-state index in [2.05, 4.69) is 10.1 Å². The fourth-order valence-electron chi connectivity index (χ4n) is 2.75. The molecule has 3 aromatic rings. The van der Waals surface area contributed by atoms with Crippen LogP contribution in [0.1, 0.15) is 45.7 Å². The zero-order valence-electron chi connectivity index (χ0n) is 15.4. The van der Waals surface area contributed by atoms with E-state index in [1.165, 1.54) is 6.20 Å². The largest absolute Gasteiger partial charge is 0.454 e. The molecule has 27 heavy (non-hydrogen) atoms. The molecule has 0 amide bonds. The Labute approximate surface area is 157 Å². The van der Waals surface area contributed by atoms with Crippen LogP contribution in [0.25, 0.3) is 5.82 Å². The molecule has 0 saturated carbocycles. The van der Waals surface area contributed by atoms with Crippen molar-refractivity contribution in [2.75, 3.05) is 6.61 Å². The Balaban J connectivity index is 1.66. The number of carbonyl (C=O) groups is 2. The number of aromatic nitrogens is 3. The second-order valence-corrected chi connectivity index (χ2v) is 6.05. The summed E-state index contributed by atoms with van der Waals surface area (Å²) in [4.78, 5) is 28.9. The van der Waals surface area contributed by atoms with Crippen molar-refractivity contribution in [3.05, 3.63) is 77.2 Å². The van der Waals surface area contributed by atoms with Gasteiger partial charge in [-0.05, 0) is 48.2 Å². The predicted octanol–water partition coefficient (Wildman–Crippen LogP) is 3.43. The molecule has 0 aliphatic heterocycles. The zero-order valence-corrected chi connectivity index (χ0v) is 15.4. The van der Waals surface area contributed by atoms with E-state index in [0.717, 1.165) is 24.0 Å². The van der Waals surface area contributed by atoms with E-state index >= 15 is 0 Å². The molecule has 138 valence electrons. The predicted molar refractivity (Wildman–Crippen MR) is 101 cm³/mol. The summed E-state index contributed by atoms with van der Waals surface area (Å²) in [6.07, 6.45) is 6.41. The minimum atomic E-state index is -0.576. The van der Waals surface area contributed by atoms with Crippen LogP contribution in [0, 0.1) is 0 Å². The van der Waals surface area contributed by atoms with Gasteiger partial charge in [0, 0.05) is 24.2 Å². The topological polar surface area (TPSA) is 74.1 Å². The number of Topliss-reactive ketones (excluding diaryl/α,β-unsaturated/α-hetero) is 1. The van der Waals surface area contributed by atoms with Crippen molar-refractivity contribution in [3.63, 3.8) is 0 Å². The number of nitrogens with zero attached hydrogens (tertiary/aromatic N) is 3. The molecule has 0 unspecified atom stereocenters. The van der Waals surface area contributed by atoms with Gasteiger partial charge in [0.2, 0.25) is 5.78 Å². The van der Waals surface area contributed by atoms with E-state index in [0.29, 0.717) is 11.4 Å². The first-order valence-electron chi connectivity index (χ1n) is 8.90. The van der Waals surface area contributed by atoms with Crippen molar-refractivity contribution in [1.29, 1.82) is 0 Å². The number of hydrogen-bond acceptors (Lipinski definition) is 5. The smallest absolute Gasteiger partial charge is 0.340 e. The average molecular weight is 363 g/mol. The summed E-state index contributed by atoms with van der Waals surface area (Å²) in [5.74, 6) is -0.180. The third kappa shape index (κ3) is 4.28. The van der Waals surface area contributed by atoms with E-state index < -0.39 is 5.97 Å². The van der Waals surface area contributed by atoms with Crippen LogP contribution >= 0.6 is 0 Å². The summed E-state index contributed by atoms with van der Waals surface area (Å²) in [5, 5.41) is 4.08. The maximum Gasteiger partial charge on any atom is 0.340 e. The Hall–Kier alpha value is -3.28. The Morgan fingerprint density at radius 2 is 1.96 bits per heavy atom. The fraction of sp³-hybridized carbons (Fsp3) is 0.238. The van der Waals surface area contributed by atoms with Crippen molar-refractivity contribution in [2.45, 2.75) is 26.7 Å². The lowest BCUT2D eigenvalue weighted by Crippen LogP contribution is -2.16. The lowest BCUT2D eigenvalue weighted by molar-refractivity contribution is 0.0474. The van der Waals surface area contributed by atoms with Gasteiger partial charge in [0.15, 0.2) is 12.4 Å². The van der Waals surface area contributed by atoms with Gasteiger partial charge < -0.3 is 4.74 Å². The summed E-state index contributed by atoms with van der Waals surface area (Å²) >= 11 is 0. The number of hydrogen-bond donors (Lipinski definition) is 0. The lowest BCUT2D eigenvalue weighted by Gasteiger charge is -2.10. The zero-order chi connectivity index (χ0) is 19.2. The minimum Gasteiger partial charge on any atom is -0.454 e. The number of ether oxygens (including phenoxy) is 1. The van der Waals surface area contributed by atoms with Crippen molar-refractivity contribution < 1.29 is 14.3 Å². The minimum absolute atomic E-state index is 0.198. The maximum absolute atomic E-state index is 12.5. The number of ketones is 1. The molecule has 0 saturated heterocycles. The number of rotatable bonds is 7. The Bertz CT molecular complexity index is 932. The highest BCUT2D eigenvalue weighted by Gasteiger charge is 2.15. The van der Waals surface area contributed by atoms with E-state index in [4.69, 9.17) is 4.74 Å². The molecule has 0 radical (unpaired) electrons. The van der Waals surface area contributed by atoms with Crippen LogP contribution in [0.5, 0.6) is 0 Å². The van der Waals surface area contributed by atoms with Gasteiger partial charge in [-0.1, -0.05) is 26.0 Å². The highest BCUT2D eigenvalue weighted by Crippen LogP contribution is 2.15. The summed E-state index contributed by atoms with van der Waals surface area (Å²) in [5.41, 5.74) is 2.95. The lowest BCUT2D eigenvalue weighted by atomic mass is 9.98. The molecule has 3 rings (SSSR count). The van der Waals surface area contributed by atoms with E-state index in [1.54, 1.807) is 35.3 Å². The molecule has 6 heteroatoms. The van der Waals surface area contributed by atoms with Gasteiger partial charge in [-0.25, -0.2) is 14.5 Å². The molecule has 0 N–H and O–H groups in total. The molecule has 2 heterocycles. The molecule has 2 aromatic heterocycles. The molecule has 1 aromatic carbocycles. The van der Waals surface area contributed by atoms with E-state index in [-0.39, 0.29) is 18.0 Å². The van der Waals surface area contributed by atoms with Gasteiger partial charge >= 0.3 is 5.97 Å². The summed E-state index contributed by atoms with van der Waals surface area (Å²) in [7, 11) is 0.